The minimum atomic E-state index is -0.681. The van der Waals surface area contributed by atoms with E-state index in [1.165, 1.54) is 0 Å². The molecule has 1 aromatic heterocycles. The maximum atomic E-state index is 12.3. The van der Waals surface area contributed by atoms with Crippen molar-refractivity contribution >= 4 is 28.5 Å². The van der Waals surface area contributed by atoms with Gasteiger partial charge >= 0.3 is 5.97 Å². The number of nitrogens with one attached hydrogen (secondary N) is 1. The minimum absolute atomic E-state index is 0.0844. The third kappa shape index (κ3) is 3.85. The molecule has 3 aromatic rings. The largest absolute Gasteiger partial charge is 0.494 e. The molecule has 0 aliphatic rings. The maximum Gasteiger partial charge on any atom is 0.375 e. The summed E-state index contributed by atoms with van der Waals surface area (Å²) in [6.07, 6.45) is 0. The molecule has 6 nitrogen and oxygen atoms in total. The zero-order chi connectivity index (χ0) is 18.5. The summed E-state index contributed by atoms with van der Waals surface area (Å²) >= 11 is 0. The number of rotatable bonds is 6. The van der Waals surface area contributed by atoms with Crippen LogP contribution >= 0.6 is 0 Å². The van der Waals surface area contributed by atoms with Gasteiger partial charge in [0.05, 0.1) is 6.61 Å². The number of carbonyl (C=O) groups is 2. The van der Waals surface area contributed by atoms with E-state index in [1.54, 1.807) is 43.3 Å². The van der Waals surface area contributed by atoms with Gasteiger partial charge in [0.15, 0.2) is 6.61 Å². The number of aryl methyl sites for hydroxylation is 1. The SMILES string of the molecule is CCOc1ccc2oc(C(=O)OCC(=O)Nc3ccccc3)c(C)c2c1. The number of benzene rings is 2. The van der Waals surface area contributed by atoms with E-state index >= 15 is 0 Å². The van der Waals surface area contributed by atoms with Crippen molar-refractivity contribution in [2.45, 2.75) is 13.8 Å². The molecule has 0 bridgehead atoms. The van der Waals surface area contributed by atoms with Crippen LogP contribution in [0.1, 0.15) is 23.0 Å². The average Bonchev–Trinajstić information content (AvgIpc) is 2.97. The highest BCUT2D eigenvalue weighted by Crippen LogP contribution is 2.29. The quantitative estimate of drug-likeness (QED) is 0.679. The predicted molar refractivity (Wildman–Crippen MR) is 97.5 cm³/mol. The first-order valence-corrected chi connectivity index (χ1v) is 8.26. The highest BCUT2D eigenvalue weighted by molar-refractivity contribution is 5.98. The Kier molecular flexibility index (Phi) is 5.22. The van der Waals surface area contributed by atoms with E-state index in [1.807, 2.05) is 19.1 Å². The van der Waals surface area contributed by atoms with Gasteiger partial charge in [0.2, 0.25) is 5.76 Å². The molecular weight excluding hydrogens is 334 g/mol. The lowest BCUT2D eigenvalue weighted by Crippen LogP contribution is -2.20. The molecule has 0 fully saturated rings. The lowest BCUT2D eigenvalue weighted by molar-refractivity contribution is -0.119. The Hall–Kier alpha value is -3.28. The Morgan fingerprint density at radius 3 is 2.62 bits per heavy atom. The van der Waals surface area contributed by atoms with Crippen LogP contribution in [0.5, 0.6) is 5.75 Å². The van der Waals surface area contributed by atoms with Crippen molar-refractivity contribution in [2.75, 3.05) is 18.5 Å². The van der Waals surface area contributed by atoms with Gasteiger partial charge in [-0.15, -0.1) is 0 Å². The van der Waals surface area contributed by atoms with Crippen LogP contribution in [0, 0.1) is 6.92 Å². The first-order valence-electron chi connectivity index (χ1n) is 8.26. The van der Waals surface area contributed by atoms with Crippen LogP contribution in [-0.2, 0) is 9.53 Å². The van der Waals surface area contributed by atoms with E-state index in [9.17, 15) is 9.59 Å². The Labute approximate surface area is 150 Å². The molecule has 0 spiro atoms. The normalized spacial score (nSPS) is 10.5. The molecule has 1 heterocycles. The van der Waals surface area contributed by atoms with E-state index in [4.69, 9.17) is 13.9 Å². The molecule has 3 rings (SSSR count). The van der Waals surface area contributed by atoms with Gasteiger partial charge in [0.1, 0.15) is 11.3 Å². The molecule has 6 heteroatoms. The monoisotopic (exact) mass is 353 g/mol. The van der Waals surface area contributed by atoms with Crippen LogP contribution in [0.3, 0.4) is 0 Å². The molecule has 0 unspecified atom stereocenters. The second-order valence-electron chi connectivity index (χ2n) is 5.64. The molecule has 1 amide bonds. The van der Waals surface area contributed by atoms with Gasteiger partial charge in [0, 0.05) is 16.6 Å². The summed E-state index contributed by atoms with van der Waals surface area (Å²) in [6.45, 7) is 3.82. The van der Waals surface area contributed by atoms with Crippen molar-refractivity contribution in [1.82, 2.24) is 0 Å². The van der Waals surface area contributed by atoms with Gasteiger partial charge < -0.3 is 19.2 Å². The highest BCUT2D eigenvalue weighted by Gasteiger charge is 2.20. The van der Waals surface area contributed by atoms with E-state index in [-0.39, 0.29) is 5.76 Å². The lowest BCUT2D eigenvalue weighted by Gasteiger charge is -2.05. The summed E-state index contributed by atoms with van der Waals surface area (Å²) < 4.78 is 16.1. The Balaban J connectivity index is 1.67. The van der Waals surface area contributed by atoms with Crippen molar-refractivity contribution in [3.63, 3.8) is 0 Å². The molecule has 2 aromatic carbocycles. The Morgan fingerprint density at radius 2 is 1.88 bits per heavy atom. The van der Waals surface area contributed by atoms with Crippen LogP contribution < -0.4 is 10.1 Å². The van der Waals surface area contributed by atoms with Crippen LogP contribution in [0.2, 0.25) is 0 Å². The summed E-state index contributed by atoms with van der Waals surface area (Å²) in [5, 5.41) is 3.42. The van der Waals surface area contributed by atoms with Crippen molar-refractivity contribution in [1.29, 1.82) is 0 Å². The van der Waals surface area contributed by atoms with Crippen molar-refractivity contribution in [3.8, 4) is 5.75 Å². The standard InChI is InChI=1S/C20H19NO5/c1-3-24-15-9-10-17-16(11-15)13(2)19(26-17)20(23)25-12-18(22)21-14-7-5-4-6-8-14/h4-11H,3,12H2,1-2H3,(H,21,22). The second kappa shape index (κ2) is 7.74. The minimum Gasteiger partial charge on any atom is -0.494 e. The van der Waals surface area contributed by atoms with Gasteiger partial charge in [-0.25, -0.2) is 4.79 Å². The molecule has 134 valence electrons. The molecule has 0 saturated carbocycles. The summed E-state index contributed by atoms with van der Waals surface area (Å²) in [4.78, 5) is 24.2. The number of anilines is 1. The van der Waals surface area contributed by atoms with Gasteiger partial charge in [-0.2, -0.15) is 0 Å². The molecule has 0 atom stereocenters. The van der Waals surface area contributed by atoms with Gasteiger partial charge in [0.25, 0.3) is 5.91 Å². The molecule has 1 N–H and O–H groups in total. The van der Waals surface area contributed by atoms with Crippen LogP contribution in [0.4, 0.5) is 5.69 Å². The third-order valence-corrected chi connectivity index (χ3v) is 3.80. The summed E-state index contributed by atoms with van der Waals surface area (Å²) in [6, 6.07) is 14.3. The topological polar surface area (TPSA) is 77.8 Å². The number of para-hydroxylation sites is 1. The fraction of sp³-hybridized carbons (Fsp3) is 0.200. The van der Waals surface area contributed by atoms with Crippen molar-refractivity contribution in [2.24, 2.45) is 0 Å². The first kappa shape index (κ1) is 17.5. The smallest absolute Gasteiger partial charge is 0.375 e. The molecule has 0 saturated heterocycles. The van der Waals surface area contributed by atoms with E-state index < -0.39 is 18.5 Å². The molecule has 26 heavy (non-hydrogen) atoms. The Bertz CT molecular complexity index is 930. The van der Waals surface area contributed by atoms with Crippen LogP contribution in [-0.4, -0.2) is 25.1 Å². The summed E-state index contributed by atoms with van der Waals surface area (Å²) in [5.41, 5.74) is 1.85. The van der Waals surface area contributed by atoms with Gasteiger partial charge in [-0.1, -0.05) is 18.2 Å². The fourth-order valence-corrected chi connectivity index (χ4v) is 2.57. The number of hydrogen-bond donors (Lipinski definition) is 1. The highest BCUT2D eigenvalue weighted by atomic mass is 16.5. The number of carbonyl (C=O) groups excluding carboxylic acids is 2. The molecule has 0 aliphatic heterocycles. The number of fused-ring (bicyclic) bond motifs is 1. The van der Waals surface area contributed by atoms with E-state index in [2.05, 4.69) is 5.32 Å². The molecular formula is C20H19NO5. The van der Waals surface area contributed by atoms with Gasteiger partial charge in [-0.05, 0) is 44.2 Å². The Morgan fingerprint density at radius 1 is 1.12 bits per heavy atom. The van der Waals surface area contributed by atoms with E-state index in [0.717, 1.165) is 5.39 Å². The first-order chi connectivity index (χ1) is 12.6. The van der Waals surface area contributed by atoms with Crippen molar-refractivity contribution in [3.05, 3.63) is 59.9 Å². The van der Waals surface area contributed by atoms with Gasteiger partial charge in [-0.3, -0.25) is 4.79 Å². The lowest BCUT2D eigenvalue weighted by atomic mass is 10.1. The zero-order valence-corrected chi connectivity index (χ0v) is 14.6. The van der Waals surface area contributed by atoms with Crippen molar-refractivity contribution < 1.29 is 23.5 Å². The molecule has 0 aliphatic carbocycles. The zero-order valence-electron chi connectivity index (χ0n) is 14.6. The van der Waals surface area contributed by atoms with E-state index in [0.29, 0.717) is 29.2 Å². The number of ether oxygens (including phenoxy) is 2. The molecule has 0 radical (unpaired) electrons. The summed E-state index contributed by atoms with van der Waals surface area (Å²) in [5.74, 6) is -0.316. The maximum absolute atomic E-state index is 12.3. The number of esters is 1. The second-order valence-corrected chi connectivity index (χ2v) is 5.64. The van der Waals surface area contributed by atoms with Crippen LogP contribution in [0.25, 0.3) is 11.0 Å². The number of amides is 1. The average molecular weight is 353 g/mol. The van der Waals surface area contributed by atoms with Crippen LogP contribution in [0.15, 0.2) is 52.9 Å². The number of furan rings is 1. The number of hydrogen-bond acceptors (Lipinski definition) is 5. The predicted octanol–water partition coefficient (Wildman–Crippen LogP) is 3.94. The third-order valence-electron chi connectivity index (χ3n) is 3.80. The fourth-order valence-electron chi connectivity index (χ4n) is 2.57. The summed E-state index contributed by atoms with van der Waals surface area (Å²) in [7, 11) is 0.